The van der Waals surface area contributed by atoms with Crippen molar-refractivity contribution in [2.75, 3.05) is 6.61 Å². The average Bonchev–Trinajstić information content (AvgIpc) is 2.39. The summed E-state index contributed by atoms with van der Waals surface area (Å²) in [5.74, 6) is -0.244. The minimum absolute atomic E-state index is 0.244. The van der Waals surface area contributed by atoms with Crippen LogP contribution >= 0.6 is 13.6 Å². The molecule has 0 bridgehead atoms. The van der Waals surface area contributed by atoms with Gasteiger partial charge in [-0.3, -0.25) is 0 Å². The normalized spacial score (nSPS) is 9.24. The molecule has 0 heterocycles. The predicted octanol–water partition coefficient (Wildman–Crippen LogP) is 3.86. The maximum atomic E-state index is 11.3. The van der Waals surface area contributed by atoms with E-state index in [0.29, 0.717) is 12.2 Å². The Morgan fingerprint density at radius 2 is 1.94 bits per heavy atom. The van der Waals surface area contributed by atoms with Gasteiger partial charge >= 0.3 is 35.9 Å². The van der Waals surface area contributed by atoms with Gasteiger partial charge in [0.1, 0.15) is 0 Å². The Labute approximate surface area is 120 Å². The predicted molar refractivity (Wildman–Crippen MR) is 69.6 cm³/mol. The molecule has 0 aromatic heterocycles. The molecule has 0 atom stereocenters. The van der Waals surface area contributed by atoms with Crippen molar-refractivity contribution in [1.29, 1.82) is 0 Å². The van der Waals surface area contributed by atoms with Gasteiger partial charge in [-0.1, -0.05) is 24.1 Å². The third-order valence-electron chi connectivity index (χ3n) is 2.19. The van der Waals surface area contributed by atoms with E-state index >= 15 is 0 Å². The van der Waals surface area contributed by atoms with E-state index in [4.69, 9.17) is 4.74 Å². The van der Waals surface area contributed by atoms with Crippen LogP contribution in [-0.2, 0) is 27.5 Å². The van der Waals surface area contributed by atoms with Crippen LogP contribution in [0.2, 0.25) is 0 Å². The molecule has 90 valence electrons. The van der Waals surface area contributed by atoms with E-state index in [2.05, 4.69) is 20.0 Å². The molecule has 2 nitrogen and oxygen atoms in total. The Bertz CT molecular complexity index is 312. The van der Waals surface area contributed by atoms with Crippen LogP contribution in [0.4, 0.5) is 0 Å². The molecule has 0 aliphatic carbocycles. The summed E-state index contributed by atoms with van der Waals surface area (Å²) in [5.41, 5.74) is 1.88. The Kier molecular flexibility index (Phi) is 10.8. The summed E-state index contributed by atoms with van der Waals surface area (Å²) < 4.78 is 4.90. The Hall–Kier alpha value is -0.207. The number of aryl methyl sites for hydroxylation is 1. The topological polar surface area (TPSA) is 26.3 Å². The van der Waals surface area contributed by atoms with Crippen molar-refractivity contribution in [1.82, 2.24) is 0 Å². The summed E-state index contributed by atoms with van der Waals surface area (Å²) >= 11 is 4.25. The monoisotopic (exact) mass is 348 g/mol. The number of carbonyl (C=O) groups excluding carboxylic acids is 1. The quantitative estimate of drug-likeness (QED) is 0.458. The van der Waals surface area contributed by atoms with E-state index in [-0.39, 0.29) is 5.97 Å². The molecule has 1 rings (SSSR count). The molecule has 0 radical (unpaired) electrons. The fraction of sp³-hybridized carbons (Fsp3) is 0.385. The number of rotatable bonds is 5. The number of hydrogen-bond donors (Lipinski definition) is 0. The van der Waals surface area contributed by atoms with Crippen LogP contribution in [0.5, 0.6) is 0 Å². The van der Waals surface area contributed by atoms with Gasteiger partial charge in [0, 0.05) is 0 Å². The first-order valence-electron chi connectivity index (χ1n) is 5.58. The van der Waals surface area contributed by atoms with Gasteiger partial charge in [0.25, 0.3) is 0 Å². The van der Waals surface area contributed by atoms with E-state index in [0.717, 1.165) is 12.8 Å². The van der Waals surface area contributed by atoms with Crippen LogP contribution in [0.15, 0.2) is 24.3 Å². The number of hydrogen-bond acceptors (Lipinski definition) is 2. The fourth-order valence-electron chi connectivity index (χ4n) is 1.33. The number of benzene rings is 1. The van der Waals surface area contributed by atoms with E-state index in [1.165, 1.54) is 21.9 Å². The van der Waals surface area contributed by atoms with Crippen LogP contribution in [-0.4, -0.2) is 12.6 Å². The van der Waals surface area contributed by atoms with E-state index in [1.807, 2.05) is 38.1 Å². The maximum absolute atomic E-state index is 11.3. The first-order valence-corrected chi connectivity index (χ1v) is 12.5. The third kappa shape index (κ3) is 6.95. The van der Waals surface area contributed by atoms with Crippen molar-refractivity contribution in [3.8, 4) is 0 Å². The van der Waals surface area contributed by atoms with Gasteiger partial charge in [-0.05, 0) is 19.1 Å². The molecule has 1 aromatic rings. The number of carbonyl (C=O) groups is 1. The zero-order chi connectivity index (χ0) is 13.1. The van der Waals surface area contributed by atoms with Crippen molar-refractivity contribution < 1.29 is 25.9 Å². The van der Waals surface area contributed by atoms with Crippen molar-refractivity contribution in [3.63, 3.8) is 0 Å². The molecule has 17 heavy (non-hydrogen) atoms. The molecule has 0 saturated carbocycles. The van der Waals surface area contributed by atoms with Crippen LogP contribution < -0.4 is 0 Å². The molecule has 4 heteroatoms. The fourth-order valence-corrected chi connectivity index (χ4v) is 1.33. The second-order valence-corrected chi connectivity index (χ2v) is 3.36. The van der Waals surface area contributed by atoms with Gasteiger partial charge < -0.3 is 11.2 Å². The van der Waals surface area contributed by atoms with Gasteiger partial charge in [0.05, 0.1) is 12.2 Å². The summed E-state index contributed by atoms with van der Waals surface area (Å²) in [7, 11) is 0. The first-order chi connectivity index (χ1) is 8.27. The van der Waals surface area contributed by atoms with Gasteiger partial charge in [-0.2, -0.15) is 13.3 Å². The number of esters is 1. The molecule has 0 aliphatic heterocycles. The van der Waals surface area contributed by atoms with E-state index in [9.17, 15) is 4.79 Å². The van der Waals surface area contributed by atoms with Crippen LogP contribution in [0.3, 0.4) is 0 Å². The zero-order valence-corrected chi connectivity index (χ0v) is 15.0. The van der Waals surface area contributed by atoms with Crippen molar-refractivity contribution in [3.05, 3.63) is 41.8 Å². The molecular formula is C13H17BrO2Zn. The van der Waals surface area contributed by atoms with Crippen LogP contribution in [0, 0.1) is 6.42 Å². The van der Waals surface area contributed by atoms with Gasteiger partial charge in [0.15, 0.2) is 0 Å². The summed E-state index contributed by atoms with van der Waals surface area (Å²) in [6.45, 7) is 4.28. The van der Waals surface area contributed by atoms with Crippen molar-refractivity contribution in [2.45, 2.75) is 26.7 Å². The number of halogens is 1. The molecule has 0 N–H and O–H groups in total. The summed E-state index contributed by atoms with van der Waals surface area (Å²) in [5, 5.41) is 0. The first kappa shape index (κ1) is 16.8. The molecule has 0 spiro atoms. The Balaban J connectivity index is 0.00000121. The SMILES string of the molecule is C[CH-]CCc1ccc(C(=O)OCC)cc1.[Zn+][Br]. The van der Waals surface area contributed by atoms with Gasteiger partial charge in [-0.15, -0.1) is 0 Å². The van der Waals surface area contributed by atoms with E-state index in [1.54, 1.807) is 0 Å². The zero-order valence-electron chi connectivity index (χ0n) is 10.4. The molecule has 0 saturated heterocycles. The standard InChI is InChI=1S/C13H17O2.BrH.Zn/c1-3-5-6-11-7-9-12(10-8-11)13(14)15-4-2;;/h3,7-10H,4-6H2,1-2H3;1H;/q-1;;+2/p-1. The molecule has 1 aromatic carbocycles. The molecule has 0 fully saturated rings. The van der Waals surface area contributed by atoms with E-state index < -0.39 is 0 Å². The van der Waals surface area contributed by atoms with Crippen molar-refractivity contribution in [2.24, 2.45) is 0 Å². The summed E-state index contributed by atoms with van der Waals surface area (Å²) in [4.78, 5) is 11.3. The average molecular weight is 351 g/mol. The van der Waals surface area contributed by atoms with Gasteiger partial charge in [-0.25, -0.2) is 4.79 Å². The second kappa shape index (κ2) is 10.9. The van der Waals surface area contributed by atoms with Gasteiger partial charge in [0.2, 0.25) is 0 Å². The van der Waals surface area contributed by atoms with Crippen LogP contribution in [0.25, 0.3) is 0 Å². The summed E-state index contributed by atoms with van der Waals surface area (Å²) in [6.07, 6.45) is 4.23. The Morgan fingerprint density at radius 1 is 1.35 bits per heavy atom. The molecule has 0 amide bonds. The minimum atomic E-state index is -0.244. The molecular weight excluding hydrogens is 333 g/mol. The third-order valence-corrected chi connectivity index (χ3v) is 2.19. The molecule has 0 unspecified atom stereocenters. The van der Waals surface area contributed by atoms with Crippen LogP contribution in [0.1, 0.15) is 36.2 Å². The second-order valence-electron chi connectivity index (χ2n) is 3.36. The number of unbranched alkanes of at least 4 members (excludes halogenated alkanes) is 1. The summed E-state index contributed by atoms with van der Waals surface area (Å²) in [6, 6.07) is 7.61. The number of ether oxygens (including phenoxy) is 1. The molecule has 0 aliphatic rings. The Morgan fingerprint density at radius 3 is 2.41 bits per heavy atom. The van der Waals surface area contributed by atoms with Crippen molar-refractivity contribution >= 4 is 19.6 Å².